The van der Waals surface area contributed by atoms with Crippen molar-refractivity contribution in [2.75, 3.05) is 23.8 Å². The Balaban J connectivity index is 2.00. The summed E-state index contributed by atoms with van der Waals surface area (Å²) in [5, 5.41) is 0. The van der Waals surface area contributed by atoms with Crippen molar-refractivity contribution in [3.8, 4) is 5.88 Å². The molecule has 0 atom stereocenters. The van der Waals surface area contributed by atoms with Crippen molar-refractivity contribution < 1.29 is 4.74 Å². The van der Waals surface area contributed by atoms with Gasteiger partial charge in [-0.05, 0) is 50.5 Å². The van der Waals surface area contributed by atoms with Crippen LogP contribution in [0, 0.1) is 6.92 Å². The first kappa shape index (κ1) is 13.7. The van der Waals surface area contributed by atoms with Gasteiger partial charge >= 0.3 is 0 Å². The van der Waals surface area contributed by atoms with Crippen LogP contribution in [0.25, 0.3) is 0 Å². The van der Waals surface area contributed by atoms with Crippen LogP contribution in [0.4, 0.5) is 17.2 Å². The zero-order valence-electron chi connectivity index (χ0n) is 12.6. The molecule has 0 aliphatic carbocycles. The molecule has 1 aromatic carbocycles. The third kappa shape index (κ3) is 2.66. The average Bonchev–Trinajstić information content (AvgIpc) is 2.49. The van der Waals surface area contributed by atoms with Crippen LogP contribution in [0.3, 0.4) is 0 Å². The van der Waals surface area contributed by atoms with Gasteiger partial charge in [-0.25, -0.2) is 0 Å². The Kier molecular flexibility index (Phi) is 3.69. The summed E-state index contributed by atoms with van der Waals surface area (Å²) >= 11 is 0. The second kappa shape index (κ2) is 5.64. The Morgan fingerprint density at radius 2 is 2.14 bits per heavy atom. The maximum absolute atomic E-state index is 5.91. The van der Waals surface area contributed by atoms with E-state index in [1.54, 1.807) is 0 Å². The van der Waals surface area contributed by atoms with Gasteiger partial charge in [0.1, 0.15) is 5.82 Å². The number of nitrogen functional groups attached to an aromatic ring is 1. The molecule has 21 heavy (non-hydrogen) atoms. The standard InChI is InChI=1S/C17H21N3O/c1-3-21-17-14(18)7-9-16(19-17)20-10-4-5-13-11-12(2)6-8-15(13)20/h6-9,11H,3-5,10,18H2,1-2H3. The topological polar surface area (TPSA) is 51.4 Å². The molecular weight excluding hydrogens is 262 g/mol. The van der Waals surface area contributed by atoms with Crippen LogP contribution >= 0.6 is 0 Å². The monoisotopic (exact) mass is 283 g/mol. The van der Waals surface area contributed by atoms with Gasteiger partial charge in [0, 0.05) is 12.2 Å². The van der Waals surface area contributed by atoms with Gasteiger partial charge in [-0.15, -0.1) is 0 Å². The van der Waals surface area contributed by atoms with Gasteiger partial charge < -0.3 is 15.4 Å². The Hall–Kier alpha value is -2.23. The molecule has 2 heterocycles. The van der Waals surface area contributed by atoms with E-state index < -0.39 is 0 Å². The third-order valence-corrected chi connectivity index (χ3v) is 3.79. The number of rotatable bonds is 3. The lowest BCUT2D eigenvalue weighted by Crippen LogP contribution is -2.25. The molecule has 1 aliphatic heterocycles. The van der Waals surface area contributed by atoms with Crippen molar-refractivity contribution in [3.05, 3.63) is 41.5 Å². The van der Waals surface area contributed by atoms with Crippen LogP contribution in [-0.4, -0.2) is 18.1 Å². The molecule has 0 saturated heterocycles. The van der Waals surface area contributed by atoms with Crippen LogP contribution in [0.2, 0.25) is 0 Å². The average molecular weight is 283 g/mol. The number of nitrogens with zero attached hydrogens (tertiary/aromatic N) is 2. The number of hydrogen-bond donors (Lipinski definition) is 1. The van der Waals surface area contributed by atoms with E-state index in [-0.39, 0.29) is 0 Å². The molecule has 0 radical (unpaired) electrons. The van der Waals surface area contributed by atoms with Gasteiger partial charge in [-0.3, -0.25) is 0 Å². The minimum atomic E-state index is 0.522. The molecule has 0 spiro atoms. The number of fused-ring (bicyclic) bond motifs is 1. The molecule has 0 bridgehead atoms. The van der Waals surface area contributed by atoms with Gasteiger partial charge in [0.2, 0.25) is 5.88 Å². The molecule has 0 fully saturated rings. The molecule has 4 nitrogen and oxygen atoms in total. The van der Waals surface area contributed by atoms with E-state index in [1.165, 1.54) is 16.8 Å². The SMILES string of the molecule is CCOc1nc(N2CCCc3cc(C)ccc32)ccc1N. The number of anilines is 3. The number of aryl methyl sites for hydroxylation is 2. The molecule has 0 saturated carbocycles. The normalized spacial score (nSPS) is 13.9. The second-order valence-corrected chi connectivity index (χ2v) is 5.38. The van der Waals surface area contributed by atoms with Crippen molar-refractivity contribution in [2.24, 2.45) is 0 Å². The minimum absolute atomic E-state index is 0.522. The lowest BCUT2D eigenvalue weighted by atomic mass is 9.99. The van der Waals surface area contributed by atoms with Gasteiger partial charge in [-0.2, -0.15) is 4.98 Å². The van der Waals surface area contributed by atoms with E-state index in [1.807, 2.05) is 19.1 Å². The number of ether oxygens (including phenoxy) is 1. The van der Waals surface area contributed by atoms with Gasteiger partial charge in [0.15, 0.2) is 0 Å². The summed E-state index contributed by atoms with van der Waals surface area (Å²) in [6, 6.07) is 10.4. The van der Waals surface area contributed by atoms with Crippen LogP contribution in [0.5, 0.6) is 5.88 Å². The highest BCUT2D eigenvalue weighted by Crippen LogP contribution is 2.34. The number of hydrogen-bond acceptors (Lipinski definition) is 4. The first-order chi connectivity index (χ1) is 10.2. The fourth-order valence-corrected chi connectivity index (χ4v) is 2.81. The molecule has 2 aromatic rings. The maximum Gasteiger partial charge on any atom is 0.239 e. The highest BCUT2D eigenvalue weighted by Gasteiger charge is 2.20. The van der Waals surface area contributed by atoms with Gasteiger partial charge in [0.05, 0.1) is 12.3 Å². The van der Waals surface area contributed by atoms with Crippen LogP contribution in [-0.2, 0) is 6.42 Å². The lowest BCUT2D eigenvalue weighted by molar-refractivity contribution is 0.329. The molecule has 110 valence electrons. The van der Waals surface area contributed by atoms with E-state index in [2.05, 4.69) is 35.0 Å². The fraction of sp³-hybridized carbons (Fsp3) is 0.353. The molecule has 4 heteroatoms. The summed E-state index contributed by atoms with van der Waals surface area (Å²) in [6.45, 7) is 5.61. The first-order valence-electron chi connectivity index (χ1n) is 7.45. The predicted octanol–water partition coefficient (Wildman–Crippen LogP) is 3.46. The van der Waals surface area contributed by atoms with Gasteiger partial charge in [-0.1, -0.05) is 17.7 Å². The Morgan fingerprint density at radius 1 is 1.29 bits per heavy atom. The highest BCUT2D eigenvalue weighted by atomic mass is 16.5. The van der Waals surface area contributed by atoms with Crippen molar-refractivity contribution in [1.29, 1.82) is 0 Å². The van der Waals surface area contributed by atoms with E-state index in [4.69, 9.17) is 10.5 Å². The number of benzene rings is 1. The molecular formula is C17H21N3O. The molecule has 0 unspecified atom stereocenters. The lowest BCUT2D eigenvalue weighted by Gasteiger charge is -2.31. The van der Waals surface area contributed by atoms with Crippen molar-refractivity contribution in [3.63, 3.8) is 0 Å². The van der Waals surface area contributed by atoms with E-state index in [9.17, 15) is 0 Å². The third-order valence-electron chi connectivity index (χ3n) is 3.79. The zero-order chi connectivity index (χ0) is 14.8. The Bertz CT molecular complexity index is 654. The van der Waals surface area contributed by atoms with E-state index in [0.29, 0.717) is 18.2 Å². The van der Waals surface area contributed by atoms with E-state index in [0.717, 1.165) is 25.2 Å². The smallest absolute Gasteiger partial charge is 0.239 e. The zero-order valence-corrected chi connectivity index (χ0v) is 12.6. The maximum atomic E-state index is 5.91. The first-order valence-corrected chi connectivity index (χ1v) is 7.45. The fourth-order valence-electron chi connectivity index (χ4n) is 2.81. The molecule has 2 N–H and O–H groups in total. The molecule has 1 aliphatic rings. The number of pyridine rings is 1. The number of nitrogens with two attached hydrogens (primary N) is 1. The van der Waals surface area contributed by atoms with Crippen molar-refractivity contribution in [1.82, 2.24) is 4.98 Å². The number of aromatic nitrogens is 1. The summed E-state index contributed by atoms with van der Waals surface area (Å²) in [4.78, 5) is 6.84. The van der Waals surface area contributed by atoms with Crippen LogP contribution in [0.1, 0.15) is 24.5 Å². The Morgan fingerprint density at radius 3 is 2.95 bits per heavy atom. The Labute approximate surface area is 125 Å². The second-order valence-electron chi connectivity index (χ2n) is 5.38. The summed E-state index contributed by atoms with van der Waals surface area (Å²) in [7, 11) is 0. The predicted molar refractivity (Wildman–Crippen MR) is 86.3 cm³/mol. The summed E-state index contributed by atoms with van der Waals surface area (Å²) < 4.78 is 5.51. The summed E-state index contributed by atoms with van der Waals surface area (Å²) in [6.07, 6.45) is 2.26. The quantitative estimate of drug-likeness (QED) is 0.937. The highest BCUT2D eigenvalue weighted by molar-refractivity contribution is 5.67. The van der Waals surface area contributed by atoms with Crippen molar-refractivity contribution in [2.45, 2.75) is 26.7 Å². The molecule has 3 rings (SSSR count). The van der Waals surface area contributed by atoms with Gasteiger partial charge in [0.25, 0.3) is 0 Å². The van der Waals surface area contributed by atoms with Crippen LogP contribution < -0.4 is 15.4 Å². The van der Waals surface area contributed by atoms with E-state index >= 15 is 0 Å². The summed E-state index contributed by atoms with van der Waals surface area (Å²) in [5.74, 6) is 1.42. The van der Waals surface area contributed by atoms with Crippen LogP contribution in [0.15, 0.2) is 30.3 Å². The minimum Gasteiger partial charge on any atom is -0.476 e. The molecule has 0 amide bonds. The molecule has 1 aromatic heterocycles. The van der Waals surface area contributed by atoms with Crippen molar-refractivity contribution >= 4 is 17.2 Å². The summed E-state index contributed by atoms with van der Waals surface area (Å²) in [5.41, 5.74) is 10.4. The largest absolute Gasteiger partial charge is 0.476 e.